The fourth-order valence-electron chi connectivity index (χ4n) is 4.56. The molecular weight excluding hydrogens is 448 g/mol. The van der Waals surface area contributed by atoms with Gasteiger partial charge in [-0.1, -0.05) is 97.1 Å². The number of nitrogens with one attached hydrogen (secondary N) is 1. The quantitative estimate of drug-likeness (QED) is 0.346. The molecule has 0 radical (unpaired) electrons. The predicted octanol–water partition coefficient (Wildman–Crippen LogP) is 5.44. The summed E-state index contributed by atoms with van der Waals surface area (Å²) in [6, 6.07) is 34.9. The molecule has 1 aliphatic rings. The molecule has 0 saturated carbocycles. The van der Waals surface area contributed by atoms with Crippen molar-refractivity contribution in [2.75, 3.05) is 6.54 Å². The van der Waals surface area contributed by atoms with Crippen molar-refractivity contribution >= 4 is 17.7 Å². The van der Waals surface area contributed by atoms with Crippen LogP contribution in [0.15, 0.2) is 109 Å². The van der Waals surface area contributed by atoms with Crippen LogP contribution in [0.5, 0.6) is 0 Å². The van der Waals surface area contributed by atoms with E-state index in [9.17, 15) is 14.4 Å². The van der Waals surface area contributed by atoms with E-state index < -0.39 is 0 Å². The Morgan fingerprint density at radius 2 is 1.19 bits per heavy atom. The number of benzene rings is 4. The number of hydrogen-bond acceptors (Lipinski definition) is 3. The fourth-order valence-corrected chi connectivity index (χ4v) is 4.56. The monoisotopic (exact) mass is 474 g/mol. The lowest BCUT2D eigenvalue weighted by Gasteiger charge is -2.21. The molecule has 0 aromatic heterocycles. The Morgan fingerprint density at radius 3 is 1.81 bits per heavy atom. The molecule has 0 fully saturated rings. The van der Waals surface area contributed by atoms with E-state index in [0.717, 1.165) is 27.2 Å². The summed E-state index contributed by atoms with van der Waals surface area (Å²) >= 11 is 0. The second-order valence-corrected chi connectivity index (χ2v) is 8.86. The van der Waals surface area contributed by atoms with Crippen molar-refractivity contribution in [2.45, 2.75) is 18.9 Å². The number of carbonyl (C=O) groups is 3. The Labute approximate surface area is 210 Å². The summed E-state index contributed by atoms with van der Waals surface area (Å²) in [6.45, 7) is 0.0448. The second-order valence-electron chi connectivity index (χ2n) is 8.86. The van der Waals surface area contributed by atoms with Crippen LogP contribution >= 0.6 is 0 Å². The van der Waals surface area contributed by atoms with Crippen molar-refractivity contribution in [3.63, 3.8) is 0 Å². The van der Waals surface area contributed by atoms with Crippen LogP contribution in [0.3, 0.4) is 0 Å². The molecule has 5 nitrogen and oxygen atoms in total. The molecule has 0 bridgehead atoms. The van der Waals surface area contributed by atoms with Gasteiger partial charge in [-0.05, 0) is 40.8 Å². The highest BCUT2D eigenvalue weighted by Gasteiger charge is 2.35. The van der Waals surface area contributed by atoms with Gasteiger partial charge < -0.3 is 5.32 Å². The number of carbonyl (C=O) groups excluding carboxylic acids is 3. The average molecular weight is 475 g/mol. The van der Waals surface area contributed by atoms with Crippen LogP contribution in [0.1, 0.15) is 44.3 Å². The summed E-state index contributed by atoms with van der Waals surface area (Å²) in [4.78, 5) is 39.4. The summed E-state index contributed by atoms with van der Waals surface area (Å²) in [5.74, 6) is -0.902. The maximum absolute atomic E-state index is 13.0. The number of hydrogen-bond donors (Lipinski definition) is 1. The lowest BCUT2D eigenvalue weighted by molar-refractivity contribution is -0.121. The van der Waals surface area contributed by atoms with Gasteiger partial charge in [0.2, 0.25) is 5.91 Å². The Morgan fingerprint density at radius 1 is 0.667 bits per heavy atom. The van der Waals surface area contributed by atoms with Crippen molar-refractivity contribution in [3.05, 3.63) is 131 Å². The SMILES string of the molecule is O=C(CCN1C(=O)c2ccccc2C1=O)N[C@@H](Cc1ccccc1)c1ccc(-c2ccccc2)cc1. The van der Waals surface area contributed by atoms with Gasteiger partial charge in [0.25, 0.3) is 11.8 Å². The number of fused-ring (bicyclic) bond motifs is 1. The minimum absolute atomic E-state index is 0.0405. The highest BCUT2D eigenvalue weighted by molar-refractivity contribution is 6.21. The maximum atomic E-state index is 13.0. The third kappa shape index (κ3) is 4.96. The van der Waals surface area contributed by atoms with E-state index in [1.54, 1.807) is 24.3 Å². The van der Waals surface area contributed by atoms with Crippen LogP contribution in [0.2, 0.25) is 0 Å². The summed E-state index contributed by atoms with van der Waals surface area (Å²) < 4.78 is 0. The number of amides is 3. The smallest absolute Gasteiger partial charge is 0.261 e. The molecule has 0 aliphatic carbocycles. The van der Waals surface area contributed by atoms with Gasteiger partial charge in [-0.15, -0.1) is 0 Å². The molecule has 5 rings (SSSR count). The van der Waals surface area contributed by atoms with E-state index in [-0.39, 0.29) is 36.7 Å². The van der Waals surface area contributed by atoms with Gasteiger partial charge in [-0.3, -0.25) is 19.3 Å². The van der Waals surface area contributed by atoms with Gasteiger partial charge >= 0.3 is 0 Å². The molecule has 1 heterocycles. The summed E-state index contributed by atoms with van der Waals surface area (Å²) in [7, 11) is 0. The minimum Gasteiger partial charge on any atom is -0.349 e. The molecule has 5 heteroatoms. The summed E-state index contributed by atoms with van der Waals surface area (Å²) in [5.41, 5.74) is 5.12. The fraction of sp³-hybridized carbons (Fsp3) is 0.129. The lowest BCUT2D eigenvalue weighted by atomic mass is 9.96. The lowest BCUT2D eigenvalue weighted by Crippen LogP contribution is -2.36. The van der Waals surface area contributed by atoms with Gasteiger partial charge in [0.05, 0.1) is 17.2 Å². The molecule has 36 heavy (non-hydrogen) atoms. The maximum Gasteiger partial charge on any atom is 0.261 e. The molecular formula is C31H26N2O3. The van der Waals surface area contributed by atoms with Crippen LogP contribution in [-0.2, 0) is 11.2 Å². The standard InChI is InChI=1S/C31H26N2O3/c34-29(19-20-33-30(35)26-13-7-8-14-27(26)31(33)36)32-28(21-22-9-3-1-4-10-22)25-17-15-24(16-18-25)23-11-5-2-6-12-23/h1-18,28H,19-21H2,(H,32,34)/t28-/m0/s1. The van der Waals surface area contributed by atoms with E-state index >= 15 is 0 Å². The van der Waals surface area contributed by atoms with Gasteiger partial charge in [0.15, 0.2) is 0 Å². The van der Waals surface area contributed by atoms with E-state index in [1.807, 2.05) is 60.7 Å². The van der Waals surface area contributed by atoms with Gasteiger partial charge in [-0.2, -0.15) is 0 Å². The second kappa shape index (κ2) is 10.4. The Bertz CT molecular complexity index is 1350. The van der Waals surface area contributed by atoms with Crippen LogP contribution in [-0.4, -0.2) is 29.2 Å². The van der Waals surface area contributed by atoms with Crippen LogP contribution < -0.4 is 5.32 Å². The van der Waals surface area contributed by atoms with Gasteiger partial charge in [-0.25, -0.2) is 0 Å². The molecule has 0 spiro atoms. The van der Waals surface area contributed by atoms with Crippen molar-refractivity contribution in [1.29, 1.82) is 0 Å². The van der Waals surface area contributed by atoms with Gasteiger partial charge in [0.1, 0.15) is 0 Å². The third-order valence-electron chi connectivity index (χ3n) is 6.48. The van der Waals surface area contributed by atoms with E-state index in [0.29, 0.717) is 17.5 Å². The molecule has 1 N–H and O–H groups in total. The molecule has 0 saturated heterocycles. The van der Waals surface area contributed by atoms with Crippen LogP contribution in [0.4, 0.5) is 0 Å². The summed E-state index contributed by atoms with van der Waals surface area (Å²) in [6.07, 6.45) is 0.670. The first kappa shape index (κ1) is 23.2. The van der Waals surface area contributed by atoms with E-state index in [4.69, 9.17) is 0 Å². The Hall–Kier alpha value is -4.51. The molecule has 178 valence electrons. The summed E-state index contributed by atoms with van der Waals surface area (Å²) in [5, 5.41) is 3.13. The van der Waals surface area contributed by atoms with E-state index in [1.165, 1.54) is 0 Å². The Balaban J connectivity index is 1.29. The van der Waals surface area contributed by atoms with Gasteiger partial charge in [0, 0.05) is 13.0 Å². The molecule has 1 atom stereocenters. The first-order valence-corrected chi connectivity index (χ1v) is 12.0. The molecule has 0 unspecified atom stereocenters. The highest BCUT2D eigenvalue weighted by Crippen LogP contribution is 2.25. The highest BCUT2D eigenvalue weighted by atomic mass is 16.2. The van der Waals surface area contributed by atoms with Crippen molar-refractivity contribution in [2.24, 2.45) is 0 Å². The first-order chi connectivity index (χ1) is 17.6. The van der Waals surface area contributed by atoms with Crippen molar-refractivity contribution in [1.82, 2.24) is 10.2 Å². The molecule has 1 aliphatic heterocycles. The van der Waals surface area contributed by atoms with Crippen molar-refractivity contribution in [3.8, 4) is 11.1 Å². The topological polar surface area (TPSA) is 66.5 Å². The molecule has 3 amide bonds. The molecule has 4 aromatic carbocycles. The normalized spacial score (nSPS) is 13.4. The zero-order valence-corrected chi connectivity index (χ0v) is 19.8. The van der Waals surface area contributed by atoms with Crippen molar-refractivity contribution < 1.29 is 14.4 Å². The predicted molar refractivity (Wildman–Crippen MR) is 139 cm³/mol. The average Bonchev–Trinajstić information content (AvgIpc) is 3.17. The first-order valence-electron chi connectivity index (χ1n) is 12.0. The molecule has 4 aromatic rings. The largest absolute Gasteiger partial charge is 0.349 e. The third-order valence-corrected chi connectivity index (χ3v) is 6.48. The number of imide groups is 1. The van der Waals surface area contributed by atoms with E-state index in [2.05, 4.69) is 29.6 Å². The Kier molecular flexibility index (Phi) is 6.72. The minimum atomic E-state index is -0.347. The van der Waals surface area contributed by atoms with Crippen LogP contribution in [0, 0.1) is 0 Å². The zero-order chi connectivity index (χ0) is 24.9. The number of rotatable bonds is 8. The van der Waals surface area contributed by atoms with Crippen LogP contribution in [0.25, 0.3) is 11.1 Å². The zero-order valence-electron chi connectivity index (χ0n) is 19.8. The number of nitrogens with zero attached hydrogens (tertiary/aromatic N) is 1.